The maximum atomic E-state index is 13.2. The minimum atomic E-state index is -0.928. The van der Waals surface area contributed by atoms with Crippen LogP contribution in [0.2, 0.25) is 0 Å². The van der Waals surface area contributed by atoms with Crippen molar-refractivity contribution in [3.63, 3.8) is 0 Å². The molecule has 122 valence electrons. The summed E-state index contributed by atoms with van der Waals surface area (Å²) in [6.07, 6.45) is -0.667. The molecular formula is C15H20ClFN2O3. The Morgan fingerprint density at radius 1 is 1.41 bits per heavy atom. The second kappa shape index (κ2) is 7.15. The van der Waals surface area contributed by atoms with Crippen LogP contribution in [0.1, 0.15) is 18.9 Å². The maximum Gasteiger partial charge on any atom is 0.240 e. The van der Waals surface area contributed by atoms with E-state index in [0.29, 0.717) is 18.8 Å². The lowest BCUT2D eigenvalue weighted by Gasteiger charge is -2.24. The largest absolute Gasteiger partial charge is 0.454 e. The SMILES string of the molecule is CCN(Cc1ccc2c(c1)OCO2)C(=O)[C@H]1C[C@H](F)CN1.Cl. The van der Waals surface area contributed by atoms with Gasteiger partial charge < -0.3 is 19.7 Å². The predicted molar refractivity (Wildman–Crippen MR) is 82.2 cm³/mol. The molecule has 2 heterocycles. The number of hydrogen-bond donors (Lipinski definition) is 1. The maximum absolute atomic E-state index is 13.2. The molecule has 0 spiro atoms. The molecule has 1 saturated heterocycles. The highest BCUT2D eigenvalue weighted by molar-refractivity contribution is 5.85. The molecule has 0 aromatic heterocycles. The Hall–Kier alpha value is -1.53. The molecule has 2 atom stereocenters. The zero-order valence-corrected chi connectivity index (χ0v) is 13.2. The van der Waals surface area contributed by atoms with Crippen LogP contribution < -0.4 is 14.8 Å². The number of alkyl halides is 1. The molecule has 1 amide bonds. The second-order valence-corrected chi connectivity index (χ2v) is 5.33. The smallest absolute Gasteiger partial charge is 0.240 e. The monoisotopic (exact) mass is 330 g/mol. The van der Waals surface area contributed by atoms with Crippen molar-refractivity contribution in [3.8, 4) is 11.5 Å². The van der Waals surface area contributed by atoms with E-state index < -0.39 is 12.2 Å². The van der Waals surface area contributed by atoms with Crippen LogP contribution in [-0.2, 0) is 11.3 Å². The van der Waals surface area contributed by atoms with Crippen LogP contribution in [0.15, 0.2) is 18.2 Å². The third-order valence-corrected chi connectivity index (χ3v) is 3.88. The Labute approximate surface area is 135 Å². The van der Waals surface area contributed by atoms with Crippen LogP contribution in [0.4, 0.5) is 4.39 Å². The molecule has 3 rings (SSSR count). The highest BCUT2D eigenvalue weighted by Crippen LogP contribution is 2.32. The van der Waals surface area contributed by atoms with E-state index in [2.05, 4.69) is 5.32 Å². The van der Waals surface area contributed by atoms with Gasteiger partial charge in [0.15, 0.2) is 11.5 Å². The fraction of sp³-hybridized carbons (Fsp3) is 0.533. The van der Waals surface area contributed by atoms with Crippen LogP contribution in [0.3, 0.4) is 0 Å². The number of nitrogens with one attached hydrogen (secondary N) is 1. The van der Waals surface area contributed by atoms with Gasteiger partial charge in [0.1, 0.15) is 6.17 Å². The average molecular weight is 331 g/mol. The van der Waals surface area contributed by atoms with Crippen molar-refractivity contribution in [3.05, 3.63) is 23.8 Å². The van der Waals surface area contributed by atoms with Gasteiger partial charge in [-0.2, -0.15) is 0 Å². The summed E-state index contributed by atoms with van der Waals surface area (Å²) >= 11 is 0. The normalized spacial score (nSPS) is 22.3. The van der Waals surface area contributed by atoms with Gasteiger partial charge in [-0.1, -0.05) is 6.07 Å². The van der Waals surface area contributed by atoms with Gasteiger partial charge >= 0.3 is 0 Å². The molecule has 2 aliphatic heterocycles. The van der Waals surface area contributed by atoms with Gasteiger partial charge in [0, 0.05) is 26.1 Å². The van der Waals surface area contributed by atoms with Gasteiger partial charge in [-0.3, -0.25) is 4.79 Å². The van der Waals surface area contributed by atoms with E-state index in [1.807, 2.05) is 25.1 Å². The molecule has 0 bridgehead atoms. The number of fused-ring (bicyclic) bond motifs is 1. The molecule has 2 aliphatic rings. The summed E-state index contributed by atoms with van der Waals surface area (Å²) in [6.45, 7) is 3.49. The minimum Gasteiger partial charge on any atom is -0.454 e. The fourth-order valence-corrected chi connectivity index (χ4v) is 2.71. The van der Waals surface area contributed by atoms with Crippen molar-refractivity contribution in [1.82, 2.24) is 10.2 Å². The number of amides is 1. The first-order valence-electron chi connectivity index (χ1n) is 7.22. The summed E-state index contributed by atoms with van der Waals surface area (Å²) in [6, 6.07) is 5.25. The Bertz CT molecular complexity index is 544. The van der Waals surface area contributed by atoms with E-state index in [1.165, 1.54) is 0 Å². The number of carbonyl (C=O) groups excluding carboxylic acids is 1. The lowest BCUT2D eigenvalue weighted by molar-refractivity contribution is -0.133. The van der Waals surface area contributed by atoms with Crippen molar-refractivity contribution in [1.29, 1.82) is 0 Å². The molecule has 1 N–H and O–H groups in total. The molecule has 0 aliphatic carbocycles. The second-order valence-electron chi connectivity index (χ2n) is 5.33. The molecule has 1 aromatic rings. The van der Waals surface area contributed by atoms with Crippen LogP contribution in [-0.4, -0.2) is 42.9 Å². The number of nitrogens with zero attached hydrogens (tertiary/aromatic N) is 1. The summed E-state index contributed by atoms with van der Waals surface area (Å²) in [4.78, 5) is 14.1. The first-order chi connectivity index (χ1) is 10.2. The number of benzene rings is 1. The topological polar surface area (TPSA) is 50.8 Å². The van der Waals surface area contributed by atoms with Gasteiger partial charge in [-0.25, -0.2) is 4.39 Å². The van der Waals surface area contributed by atoms with Crippen molar-refractivity contribution in [2.24, 2.45) is 0 Å². The van der Waals surface area contributed by atoms with Crippen molar-refractivity contribution in [2.75, 3.05) is 19.9 Å². The van der Waals surface area contributed by atoms with E-state index in [-0.39, 0.29) is 38.1 Å². The van der Waals surface area contributed by atoms with E-state index >= 15 is 0 Å². The van der Waals surface area contributed by atoms with Crippen molar-refractivity contribution >= 4 is 18.3 Å². The minimum absolute atomic E-state index is 0. The van der Waals surface area contributed by atoms with E-state index in [9.17, 15) is 9.18 Å². The molecule has 1 fully saturated rings. The zero-order valence-electron chi connectivity index (χ0n) is 12.4. The van der Waals surface area contributed by atoms with Gasteiger partial charge in [-0.05, 0) is 24.6 Å². The lowest BCUT2D eigenvalue weighted by atomic mass is 10.1. The highest BCUT2D eigenvalue weighted by atomic mass is 35.5. The van der Waals surface area contributed by atoms with E-state index in [1.54, 1.807) is 4.90 Å². The number of halogens is 2. The van der Waals surface area contributed by atoms with Crippen LogP contribution >= 0.6 is 12.4 Å². The number of carbonyl (C=O) groups is 1. The first-order valence-corrected chi connectivity index (χ1v) is 7.22. The summed E-state index contributed by atoms with van der Waals surface area (Å²) in [5.74, 6) is 1.39. The molecule has 1 aromatic carbocycles. The third kappa shape index (κ3) is 3.44. The number of ether oxygens (including phenoxy) is 2. The van der Waals surface area contributed by atoms with Crippen LogP contribution in [0, 0.1) is 0 Å². The molecule has 7 heteroatoms. The first kappa shape index (κ1) is 16.8. The number of hydrogen-bond acceptors (Lipinski definition) is 4. The average Bonchev–Trinajstić information content (AvgIpc) is 3.12. The Balaban J connectivity index is 0.00000176. The molecule has 0 unspecified atom stereocenters. The predicted octanol–water partition coefficient (Wildman–Crippen LogP) is 1.89. The van der Waals surface area contributed by atoms with E-state index in [0.717, 1.165) is 11.3 Å². The lowest BCUT2D eigenvalue weighted by Crippen LogP contribution is -2.43. The third-order valence-electron chi connectivity index (χ3n) is 3.88. The molecule has 0 saturated carbocycles. The van der Waals surface area contributed by atoms with Gasteiger partial charge in [0.05, 0.1) is 6.04 Å². The number of likely N-dealkylation sites (N-methyl/N-ethyl adjacent to an activating group) is 1. The van der Waals surface area contributed by atoms with Gasteiger partial charge in [0.2, 0.25) is 12.7 Å². The summed E-state index contributed by atoms with van der Waals surface area (Å²) < 4.78 is 23.8. The molecule has 0 radical (unpaired) electrons. The van der Waals surface area contributed by atoms with Crippen LogP contribution in [0.25, 0.3) is 0 Å². The van der Waals surface area contributed by atoms with E-state index in [4.69, 9.17) is 9.47 Å². The Kier molecular flexibility index (Phi) is 5.47. The molecular weight excluding hydrogens is 311 g/mol. The van der Waals surface area contributed by atoms with Gasteiger partial charge in [0.25, 0.3) is 0 Å². The zero-order chi connectivity index (χ0) is 14.8. The number of rotatable bonds is 4. The standard InChI is InChI=1S/C15H19FN2O3.ClH/c1-2-18(15(19)12-6-11(16)7-17-12)8-10-3-4-13-14(5-10)21-9-20-13;/h3-5,11-12,17H,2,6-9H2,1H3;1H/t11-,12+;/m0./s1. The highest BCUT2D eigenvalue weighted by Gasteiger charge is 2.31. The summed E-state index contributed by atoms with van der Waals surface area (Å²) in [5.41, 5.74) is 0.976. The summed E-state index contributed by atoms with van der Waals surface area (Å²) in [5, 5.41) is 2.94. The Morgan fingerprint density at radius 2 is 2.18 bits per heavy atom. The van der Waals surface area contributed by atoms with Crippen molar-refractivity contribution < 1.29 is 18.7 Å². The van der Waals surface area contributed by atoms with Crippen molar-refractivity contribution in [2.45, 2.75) is 32.1 Å². The fourth-order valence-electron chi connectivity index (χ4n) is 2.71. The quantitative estimate of drug-likeness (QED) is 0.916. The van der Waals surface area contributed by atoms with Gasteiger partial charge in [-0.15, -0.1) is 12.4 Å². The molecule has 5 nitrogen and oxygen atoms in total. The van der Waals surface area contributed by atoms with Crippen LogP contribution in [0.5, 0.6) is 11.5 Å². The Morgan fingerprint density at radius 3 is 2.86 bits per heavy atom. The molecule has 22 heavy (non-hydrogen) atoms. The summed E-state index contributed by atoms with van der Waals surface area (Å²) in [7, 11) is 0.